The van der Waals surface area contributed by atoms with Crippen molar-refractivity contribution < 1.29 is 14.6 Å². The molecule has 0 aromatic carbocycles. The molecular weight excluding hydrogens is 120 g/mol. The number of hydrogen-bond acceptors (Lipinski definition) is 2. The monoisotopic (exact) mass is 131 g/mol. The fourth-order valence-electron chi connectivity index (χ4n) is 0.501. The highest BCUT2D eigenvalue weighted by molar-refractivity contribution is 5.37. The average molecular weight is 131 g/mol. The zero-order chi connectivity index (χ0) is 7.11. The van der Waals surface area contributed by atoms with E-state index in [-0.39, 0.29) is 6.47 Å². The summed E-state index contributed by atoms with van der Waals surface area (Å²) in [5, 5.41) is 10.4. The minimum absolute atomic E-state index is 0.202. The second kappa shape index (κ2) is 5.56. The Morgan fingerprint density at radius 2 is 2.33 bits per heavy atom. The number of unbranched alkanes of at least 4 members (excludes halogenated alkanes) is 1. The molecule has 0 aliphatic rings. The molecule has 3 nitrogen and oxygen atoms in total. The van der Waals surface area contributed by atoms with E-state index in [0.29, 0.717) is 6.42 Å². The van der Waals surface area contributed by atoms with Gasteiger partial charge in [0.25, 0.3) is 6.47 Å². The highest BCUT2D eigenvalue weighted by Crippen LogP contribution is 2.00. The largest absolute Gasteiger partial charge is 0.435 e. The normalized spacial score (nSPS) is 12.7. The predicted molar refractivity (Wildman–Crippen MR) is 31.1 cm³/mol. The number of ether oxygens (including phenoxy) is 1. The van der Waals surface area contributed by atoms with Crippen LogP contribution in [0.5, 0.6) is 0 Å². The van der Waals surface area contributed by atoms with Gasteiger partial charge >= 0.3 is 0 Å². The van der Waals surface area contributed by atoms with E-state index in [0.717, 1.165) is 12.8 Å². The van der Waals surface area contributed by atoms with Crippen LogP contribution >= 0.6 is 0 Å². The van der Waals surface area contributed by atoms with Crippen molar-refractivity contribution in [3.05, 3.63) is 0 Å². The first-order valence-corrected chi connectivity index (χ1v) is 3.06. The molecule has 0 amide bonds. The van der Waals surface area contributed by atoms with Crippen molar-refractivity contribution in [1.29, 1.82) is 0 Å². The molecule has 0 fully saturated rings. The van der Waals surface area contributed by atoms with Crippen molar-refractivity contribution >= 4 is 6.47 Å². The van der Waals surface area contributed by atoms with E-state index in [2.05, 4.69) is 4.74 Å². The third-order valence-electron chi connectivity index (χ3n) is 1.00. The summed E-state index contributed by atoms with van der Waals surface area (Å²) in [6.07, 6.45) is 1.06. The molecule has 0 aromatic heterocycles. The molecule has 0 aliphatic carbocycles. The molecule has 0 N–H and O–H groups in total. The second-order valence-corrected chi connectivity index (χ2v) is 1.80. The fourth-order valence-corrected chi connectivity index (χ4v) is 0.501. The molecule has 0 bridgehead atoms. The van der Waals surface area contributed by atoms with Gasteiger partial charge in [-0.05, 0) is 6.42 Å². The van der Waals surface area contributed by atoms with Gasteiger partial charge in [-0.2, -0.15) is 5.11 Å². The van der Waals surface area contributed by atoms with Gasteiger partial charge in [0.2, 0.25) is 6.29 Å². The summed E-state index contributed by atoms with van der Waals surface area (Å²) in [6.45, 7) is 2.18. The Morgan fingerprint density at radius 1 is 1.67 bits per heavy atom. The van der Waals surface area contributed by atoms with Gasteiger partial charge in [-0.25, -0.2) is 0 Å². The maximum absolute atomic E-state index is 10.4. The molecule has 3 heteroatoms. The van der Waals surface area contributed by atoms with E-state index in [1.807, 2.05) is 6.92 Å². The third kappa shape index (κ3) is 5.30. The number of rotatable bonds is 5. The Labute approximate surface area is 54.6 Å². The number of carbonyl (C=O) groups is 1. The summed E-state index contributed by atoms with van der Waals surface area (Å²) in [6, 6.07) is 0. The summed E-state index contributed by atoms with van der Waals surface area (Å²) < 4.78 is 4.11. The first kappa shape index (κ1) is 8.43. The molecule has 1 unspecified atom stereocenters. The van der Waals surface area contributed by atoms with Crippen molar-refractivity contribution in [3.63, 3.8) is 0 Å². The summed E-state index contributed by atoms with van der Waals surface area (Å²) >= 11 is 0. The van der Waals surface area contributed by atoms with E-state index >= 15 is 0 Å². The van der Waals surface area contributed by atoms with E-state index in [1.165, 1.54) is 0 Å². The van der Waals surface area contributed by atoms with Gasteiger partial charge in [0, 0.05) is 6.42 Å². The van der Waals surface area contributed by atoms with Crippen LogP contribution in [0.3, 0.4) is 0 Å². The molecule has 9 heavy (non-hydrogen) atoms. The second-order valence-electron chi connectivity index (χ2n) is 1.80. The summed E-state index contributed by atoms with van der Waals surface area (Å²) in [5.74, 6) is 0. The Balaban J connectivity index is 3.04. The Kier molecular flexibility index (Phi) is 5.21. The van der Waals surface area contributed by atoms with Crippen LogP contribution in [0.1, 0.15) is 26.2 Å². The summed E-state index contributed by atoms with van der Waals surface area (Å²) in [4.78, 5) is 9.56. The molecule has 53 valence electrons. The van der Waals surface area contributed by atoms with Crippen molar-refractivity contribution in [1.82, 2.24) is 0 Å². The lowest BCUT2D eigenvalue weighted by Crippen LogP contribution is -2.07. The van der Waals surface area contributed by atoms with Gasteiger partial charge in [0.1, 0.15) is 0 Å². The Hall–Kier alpha value is -0.570. The van der Waals surface area contributed by atoms with Gasteiger partial charge in [-0.3, -0.25) is 4.79 Å². The molecule has 0 aromatic rings. The van der Waals surface area contributed by atoms with Gasteiger partial charge in [-0.15, -0.1) is 0 Å². The van der Waals surface area contributed by atoms with Gasteiger partial charge in [0.05, 0.1) is 0 Å². The van der Waals surface area contributed by atoms with Crippen LogP contribution < -0.4 is 0 Å². The lowest BCUT2D eigenvalue weighted by molar-refractivity contribution is -0.164. The molecule has 0 aliphatic heterocycles. The SMILES string of the molecule is CCCCC([O])OC=O. The first-order valence-electron chi connectivity index (χ1n) is 3.06. The van der Waals surface area contributed by atoms with Crippen molar-refractivity contribution in [3.8, 4) is 0 Å². The number of hydrogen-bond donors (Lipinski definition) is 0. The standard InChI is InChI=1S/C6H11O3/c1-2-3-4-6(8)9-5-7/h5-6H,2-4H2,1H3. The lowest BCUT2D eigenvalue weighted by Gasteiger charge is -2.02. The topological polar surface area (TPSA) is 46.2 Å². The maximum Gasteiger partial charge on any atom is 0.295 e. The Bertz CT molecular complexity index is 72.7. The molecule has 1 atom stereocenters. The zero-order valence-corrected chi connectivity index (χ0v) is 5.50. The van der Waals surface area contributed by atoms with Crippen LogP contribution in [0.25, 0.3) is 0 Å². The Morgan fingerprint density at radius 3 is 2.78 bits per heavy atom. The van der Waals surface area contributed by atoms with Crippen LogP contribution in [0.2, 0.25) is 0 Å². The van der Waals surface area contributed by atoms with Gasteiger partial charge in [-0.1, -0.05) is 13.3 Å². The molecule has 0 heterocycles. The molecule has 1 radical (unpaired) electrons. The minimum atomic E-state index is -1.15. The first-order chi connectivity index (χ1) is 4.31. The van der Waals surface area contributed by atoms with Crippen molar-refractivity contribution in [2.75, 3.05) is 0 Å². The third-order valence-corrected chi connectivity index (χ3v) is 1.00. The summed E-state index contributed by atoms with van der Waals surface area (Å²) in [5.41, 5.74) is 0. The fraction of sp³-hybridized carbons (Fsp3) is 0.833. The minimum Gasteiger partial charge on any atom is -0.435 e. The summed E-state index contributed by atoms with van der Waals surface area (Å²) in [7, 11) is 0. The average Bonchev–Trinajstić information content (AvgIpc) is 1.85. The van der Waals surface area contributed by atoms with E-state index in [4.69, 9.17) is 0 Å². The highest BCUT2D eigenvalue weighted by atomic mass is 16.6. The van der Waals surface area contributed by atoms with E-state index < -0.39 is 6.29 Å². The smallest absolute Gasteiger partial charge is 0.295 e. The van der Waals surface area contributed by atoms with E-state index in [1.54, 1.807) is 0 Å². The quantitative estimate of drug-likeness (QED) is 0.414. The predicted octanol–water partition coefficient (Wildman–Crippen LogP) is 1.11. The number of carbonyl (C=O) groups excluding carboxylic acids is 1. The molecular formula is C6H11O3. The maximum atomic E-state index is 10.4. The molecule has 0 spiro atoms. The molecule has 0 saturated carbocycles. The van der Waals surface area contributed by atoms with Crippen LogP contribution in [-0.2, 0) is 14.6 Å². The van der Waals surface area contributed by atoms with Crippen LogP contribution in [0.15, 0.2) is 0 Å². The van der Waals surface area contributed by atoms with E-state index in [9.17, 15) is 9.90 Å². The molecule has 0 rings (SSSR count). The highest BCUT2D eigenvalue weighted by Gasteiger charge is 2.02. The van der Waals surface area contributed by atoms with Gasteiger partial charge < -0.3 is 4.74 Å². The van der Waals surface area contributed by atoms with Crippen LogP contribution in [-0.4, -0.2) is 12.8 Å². The molecule has 0 saturated heterocycles. The zero-order valence-electron chi connectivity index (χ0n) is 5.50. The lowest BCUT2D eigenvalue weighted by atomic mass is 10.2. The van der Waals surface area contributed by atoms with Crippen molar-refractivity contribution in [2.24, 2.45) is 0 Å². The van der Waals surface area contributed by atoms with Crippen LogP contribution in [0.4, 0.5) is 0 Å². The van der Waals surface area contributed by atoms with Crippen LogP contribution in [0, 0.1) is 0 Å². The van der Waals surface area contributed by atoms with Gasteiger partial charge in [0.15, 0.2) is 0 Å². The van der Waals surface area contributed by atoms with Crippen molar-refractivity contribution in [2.45, 2.75) is 32.5 Å².